The van der Waals surface area contributed by atoms with Crippen LogP contribution >= 0.6 is 0 Å². The van der Waals surface area contributed by atoms with E-state index in [1.807, 2.05) is 12.1 Å². The van der Waals surface area contributed by atoms with Gasteiger partial charge in [-0.3, -0.25) is 9.25 Å². The van der Waals surface area contributed by atoms with Crippen molar-refractivity contribution in [2.24, 2.45) is 0 Å². The molecule has 0 spiro atoms. The number of ether oxygens (including phenoxy) is 3. The van der Waals surface area contributed by atoms with Gasteiger partial charge in [-0.25, -0.2) is 14.4 Å². The molecule has 1 aliphatic carbocycles. The van der Waals surface area contributed by atoms with Crippen molar-refractivity contribution >= 4 is 18.2 Å². The number of fused-ring (bicyclic) bond motifs is 3. The molecular formula is C30H38N4O7. The molecular weight excluding hydrogens is 528 g/mol. The van der Waals surface area contributed by atoms with Crippen molar-refractivity contribution in [3.63, 3.8) is 0 Å². The molecule has 1 aliphatic rings. The maximum absolute atomic E-state index is 12.9. The standard InChI is InChI=1S/C30H38N4O7/c1-29(2,3)40-27(37)31-13-9-15-34-25(26(35)36)19-12-11-18-16-23(39-7)21(17-20(18)24(19)32-34)22-10-8-14-33(22)28(38)41-30(4,5)6/h8,10,14,16-17H,9,11-13,15H2,1-7H3,(H,31,37)(H,35,36). The van der Waals surface area contributed by atoms with E-state index in [1.54, 1.807) is 67.0 Å². The molecule has 0 saturated carbocycles. The predicted octanol–water partition coefficient (Wildman–Crippen LogP) is 5.52. The lowest BCUT2D eigenvalue weighted by Gasteiger charge is -2.22. The van der Waals surface area contributed by atoms with Crippen LogP contribution in [0.3, 0.4) is 0 Å². The summed E-state index contributed by atoms with van der Waals surface area (Å²) in [5.74, 6) is -0.475. The molecule has 11 heteroatoms. The molecule has 1 amide bonds. The number of alkyl carbamates (subject to hydrolysis) is 1. The number of aryl methyl sites for hydroxylation is 2. The summed E-state index contributed by atoms with van der Waals surface area (Å²) in [6.07, 6.45) is 2.17. The molecule has 2 aromatic heterocycles. The summed E-state index contributed by atoms with van der Waals surface area (Å²) in [6.45, 7) is 11.4. The Balaban J connectivity index is 1.67. The fourth-order valence-corrected chi connectivity index (χ4v) is 4.84. The number of amides is 1. The van der Waals surface area contributed by atoms with Gasteiger partial charge in [0, 0.05) is 36.0 Å². The summed E-state index contributed by atoms with van der Waals surface area (Å²) in [5.41, 5.74) is 3.10. The Hall–Kier alpha value is -4.28. The Labute approximate surface area is 239 Å². The van der Waals surface area contributed by atoms with Gasteiger partial charge in [0.2, 0.25) is 0 Å². The fraction of sp³-hybridized carbons (Fsp3) is 0.467. The summed E-state index contributed by atoms with van der Waals surface area (Å²) in [7, 11) is 1.57. The smallest absolute Gasteiger partial charge is 0.418 e. The summed E-state index contributed by atoms with van der Waals surface area (Å²) in [6, 6.07) is 7.38. The molecule has 1 aromatic carbocycles. The van der Waals surface area contributed by atoms with Crippen molar-refractivity contribution in [1.29, 1.82) is 0 Å². The molecule has 0 unspecified atom stereocenters. The number of hydrogen-bond acceptors (Lipinski definition) is 7. The minimum Gasteiger partial charge on any atom is -0.496 e. The van der Waals surface area contributed by atoms with Gasteiger partial charge in [0.15, 0.2) is 0 Å². The number of nitrogens with one attached hydrogen (secondary N) is 1. The number of methoxy groups -OCH3 is 1. The summed E-state index contributed by atoms with van der Waals surface area (Å²) < 4.78 is 19.5. The van der Waals surface area contributed by atoms with Gasteiger partial charge in [-0.05, 0) is 90.6 Å². The zero-order chi connectivity index (χ0) is 30.1. The van der Waals surface area contributed by atoms with E-state index in [0.717, 1.165) is 11.1 Å². The van der Waals surface area contributed by atoms with E-state index in [-0.39, 0.29) is 5.69 Å². The van der Waals surface area contributed by atoms with Crippen LogP contribution < -0.4 is 10.1 Å². The summed E-state index contributed by atoms with van der Waals surface area (Å²) in [5, 5.41) is 17.5. The number of carbonyl (C=O) groups excluding carboxylic acids is 2. The third-order valence-corrected chi connectivity index (χ3v) is 6.41. The van der Waals surface area contributed by atoms with E-state index in [2.05, 4.69) is 5.32 Å². The number of rotatable bonds is 7. The Morgan fingerprint density at radius 3 is 2.37 bits per heavy atom. The van der Waals surface area contributed by atoms with Crippen LogP contribution in [0.4, 0.5) is 9.59 Å². The van der Waals surface area contributed by atoms with E-state index >= 15 is 0 Å². The molecule has 0 bridgehead atoms. The van der Waals surface area contributed by atoms with Crippen LogP contribution in [0.15, 0.2) is 30.5 Å². The maximum Gasteiger partial charge on any atom is 0.418 e. The second kappa shape index (κ2) is 11.3. The molecule has 0 atom stereocenters. The van der Waals surface area contributed by atoms with E-state index in [4.69, 9.17) is 19.3 Å². The van der Waals surface area contributed by atoms with Crippen molar-refractivity contribution in [2.45, 2.75) is 78.6 Å². The van der Waals surface area contributed by atoms with E-state index < -0.39 is 29.4 Å². The normalized spacial score (nSPS) is 12.8. The zero-order valence-corrected chi connectivity index (χ0v) is 24.7. The second-order valence-corrected chi connectivity index (χ2v) is 11.9. The third-order valence-electron chi connectivity index (χ3n) is 6.41. The number of benzene rings is 1. The predicted molar refractivity (Wildman–Crippen MR) is 152 cm³/mol. The average molecular weight is 567 g/mol. The van der Waals surface area contributed by atoms with E-state index in [0.29, 0.717) is 60.6 Å². The van der Waals surface area contributed by atoms with Crippen LogP contribution in [0.1, 0.15) is 69.6 Å². The second-order valence-electron chi connectivity index (χ2n) is 11.9. The average Bonchev–Trinajstić information content (AvgIpc) is 3.48. The van der Waals surface area contributed by atoms with Gasteiger partial charge in [-0.1, -0.05) is 0 Å². The van der Waals surface area contributed by atoms with Gasteiger partial charge >= 0.3 is 18.2 Å². The number of carboxylic acid groups (broad SMARTS) is 1. The van der Waals surface area contributed by atoms with Crippen LogP contribution in [0.5, 0.6) is 5.75 Å². The lowest BCUT2D eigenvalue weighted by atomic mass is 9.87. The number of carboxylic acids is 1. The minimum absolute atomic E-state index is 0.136. The Morgan fingerprint density at radius 2 is 1.73 bits per heavy atom. The molecule has 2 N–H and O–H groups in total. The van der Waals surface area contributed by atoms with Gasteiger partial charge in [0.25, 0.3) is 0 Å². The number of aromatic nitrogens is 3. The maximum atomic E-state index is 12.9. The quantitative estimate of drug-likeness (QED) is 0.357. The molecule has 0 saturated heterocycles. The number of aromatic carboxylic acids is 1. The highest BCUT2D eigenvalue weighted by Gasteiger charge is 2.30. The topological polar surface area (TPSA) is 134 Å². The van der Waals surface area contributed by atoms with E-state index in [9.17, 15) is 19.5 Å². The highest BCUT2D eigenvalue weighted by molar-refractivity contribution is 5.92. The number of nitrogens with zero attached hydrogens (tertiary/aromatic N) is 3. The molecule has 0 fully saturated rings. The van der Waals surface area contributed by atoms with Gasteiger partial charge in [0.1, 0.15) is 22.6 Å². The van der Waals surface area contributed by atoms with Gasteiger partial charge in [0.05, 0.1) is 18.5 Å². The van der Waals surface area contributed by atoms with Crippen LogP contribution in [0.2, 0.25) is 0 Å². The number of hydrogen-bond donors (Lipinski definition) is 2. The van der Waals surface area contributed by atoms with Crippen molar-refractivity contribution < 1.29 is 33.7 Å². The van der Waals surface area contributed by atoms with Crippen molar-refractivity contribution in [3.8, 4) is 28.3 Å². The summed E-state index contributed by atoms with van der Waals surface area (Å²) in [4.78, 5) is 37.2. The Morgan fingerprint density at radius 1 is 1.02 bits per heavy atom. The fourth-order valence-electron chi connectivity index (χ4n) is 4.84. The monoisotopic (exact) mass is 566 g/mol. The lowest BCUT2D eigenvalue weighted by molar-refractivity contribution is 0.0519. The van der Waals surface area contributed by atoms with Crippen molar-refractivity contribution in [1.82, 2.24) is 19.7 Å². The van der Waals surface area contributed by atoms with Crippen LogP contribution in [0, 0.1) is 0 Å². The minimum atomic E-state index is -1.06. The van der Waals surface area contributed by atoms with E-state index in [1.165, 1.54) is 9.25 Å². The molecule has 2 heterocycles. The molecule has 220 valence electrons. The SMILES string of the molecule is COc1cc2c(cc1-c1cccn1C(=O)OC(C)(C)C)-c1nn(CCCNC(=O)OC(C)(C)C)c(C(=O)O)c1CC2. The lowest BCUT2D eigenvalue weighted by Crippen LogP contribution is -2.33. The highest BCUT2D eigenvalue weighted by atomic mass is 16.6. The number of carbonyl (C=O) groups is 3. The van der Waals surface area contributed by atoms with Gasteiger partial charge in [-0.2, -0.15) is 5.10 Å². The van der Waals surface area contributed by atoms with Crippen molar-refractivity contribution in [2.75, 3.05) is 13.7 Å². The zero-order valence-electron chi connectivity index (χ0n) is 24.7. The molecule has 0 radical (unpaired) electrons. The molecule has 11 nitrogen and oxygen atoms in total. The molecule has 0 aliphatic heterocycles. The third kappa shape index (κ3) is 6.72. The first-order chi connectivity index (χ1) is 19.2. The Kier molecular flexibility index (Phi) is 8.19. The van der Waals surface area contributed by atoms with Crippen LogP contribution in [-0.4, -0.2) is 62.5 Å². The first-order valence-corrected chi connectivity index (χ1v) is 13.6. The van der Waals surface area contributed by atoms with Crippen molar-refractivity contribution in [3.05, 3.63) is 47.3 Å². The highest BCUT2D eigenvalue weighted by Crippen LogP contribution is 2.42. The van der Waals surface area contributed by atoms with Crippen LogP contribution in [0.25, 0.3) is 22.5 Å². The molecule has 3 aromatic rings. The largest absolute Gasteiger partial charge is 0.496 e. The summed E-state index contributed by atoms with van der Waals surface area (Å²) >= 11 is 0. The Bertz CT molecular complexity index is 1470. The van der Waals surface area contributed by atoms with Crippen LogP contribution in [-0.2, 0) is 28.9 Å². The first-order valence-electron chi connectivity index (χ1n) is 13.6. The van der Waals surface area contributed by atoms with Gasteiger partial charge < -0.3 is 24.6 Å². The molecule has 4 rings (SSSR count). The first kappa shape index (κ1) is 29.7. The van der Waals surface area contributed by atoms with Gasteiger partial charge in [-0.15, -0.1) is 0 Å². The molecule has 41 heavy (non-hydrogen) atoms.